The van der Waals surface area contributed by atoms with E-state index in [1.807, 2.05) is 19.1 Å². The summed E-state index contributed by atoms with van der Waals surface area (Å²) in [6.45, 7) is 11.6. The van der Waals surface area contributed by atoms with Crippen LogP contribution in [0.15, 0.2) is 18.2 Å². The third kappa shape index (κ3) is 2.99. The van der Waals surface area contributed by atoms with Gasteiger partial charge in [0.1, 0.15) is 5.52 Å². The van der Waals surface area contributed by atoms with Crippen molar-refractivity contribution in [3.05, 3.63) is 18.2 Å². The average Bonchev–Trinajstić information content (AvgIpc) is 2.98. The highest BCUT2D eigenvalue weighted by molar-refractivity contribution is 5.98. The van der Waals surface area contributed by atoms with Crippen LogP contribution >= 0.6 is 0 Å². The summed E-state index contributed by atoms with van der Waals surface area (Å²) in [5.41, 5.74) is 2.74. The molecule has 0 radical (unpaired) electrons. The van der Waals surface area contributed by atoms with Crippen LogP contribution in [0.1, 0.15) is 27.7 Å². The zero-order valence-corrected chi connectivity index (χ0v) is 13.3. The molecule has 6 heteroatoms. The summed E-state index contributed by atoms with van der Waals surface area (Å²) in [6, 6.07) is 6.87. The van der Waals surface area contributed by atoms with Crippen molar-refractivity contribution in [1.29, 1.82) is 0 Å². The lowest BCUT2D eigenvalue weighted by molar-refractivity contribution is -0.530. The Hall–Kier alpha value is -2.11. The SMILES string of the molecule is CCOC(N(CC)c1cccc2n[nH]nc12)=[N+](CC)CC. The zero-order valence-electron chi connectivity index (χ0n) is 13.3. The van der Waals surface area contributed by atoms with Crippen molar-refractivity contribution in [3.63, 3.8) is 0 Å². The fraction of sp³-hybridized carbons (Fsp3) is 0.533. The van der Waals surface area contributed by atoms with Gasteiger partial charge in [-0.15, -0.1) is 0 Å². The van der Waals surface area contributed by atoms with Crippen LogP contribution in [-0.4, -0.2) is 52.2 Å². The maximum Gasteiger partial charge on any atom is 0.451 e. The molecule has 0 aliphatic carbocycles. The summed E-state index contributed by atoms with van der Waals surface area (Å²) in [7, 11) is 0. The van der Waals surface area contributed by atoms with Crippen molar-refractivity contribution in [3.8, 4) is 0 Å². The second kappa shape index (κ2) is 7.06. The summed E-state index contributed by atoms with van der Waals surface area (Å²) in [5.74, 6) is 0. The number of H-pyrrole nitrogens is 1. The number of nitrogens with zero attached hydrogens (tertiary/aromatic N) is 4. The van der Waals surface area contributed by atoms with Crippen molar-refractivity contribution >= 4 is 22.7 Å². The van der Waals surface area contributed by atoms with Crippen LogP contribution in [0.2, 0.25) is 0 Å². The minimum absolute atomic E-state index is 0.636. The van der Waals surface area contributed by atoms with Gasteiger partial charge < -0.3 is 4.74 Å². The number of benzene rings is 1. The summed E-state index contributed by atoms with van der Waals surface area (Å²) >= 11 is 0. The molecule has 0 unspecified atom stereocenters. The first-order chi connectivity index (χ1) is 10.3. The first-order valence-electron chi connectivity index (χ1n) is 7.58. The summed E-state index contributed by atoms with van der Waals surface area (Å²) in [4.78, 5) is 2.15. The molecule has 0 aliphatic rings. The van der Waals surface area contributed by atoms with Gasteiger partial charge in [-0.25, -0.2) is 4.58 Å². The number of rotatable bonds is 5. The number of hydrogen-bond donors (Lipinski definition) is 1. The minimum Gasteiger partial charge on any atom is -0.432 e. The topological polar surface area (TPSA) is 57.0 Å². The molecule has 2 rings (SSSR count). The van der Waals surface area contributed by atoms with E-state index in [-0.39, 0.29) is 0 Å². The molecule has 0 aliphatic heterocycles. The van der Waals surface area contributed by atoms with E-state index < -0.39 is 0 Å². The van der Waals surface area contributed by atoms with E-state index in [0.29, 0.717) is 6.61 Å². The minimum atomic E-state index is 0.636. The van der Waals surface area contributed by atoms with Gasteiger partial charge >= 0.3 is 6.02 Å². The predicted octanol–water partition coefficient (Wildman–Crippen LogP) is 2.23. The molecule has 2 aromatic rings. The van der Waals surface area contributed by atoms with E-state index in [2.05, 4.69) is 51.7 Å². The molecule has 21 heavy (non-hydrogen) atoms. The number of anilines is 1. The lowest BCUT2D eigenvalue weighted by atomic mass is 10.2. The Balaban J connectivity index is 2.55. The van der Waals surface area contributed by atoms with Crippen molar-refractivity contribution in [2.45, 2.75) is 27.7 Å². The van der Waals surface area contributed by atoms with Crippen molar-refractivity contribution < 1.29 is 9.31 Å². The second-order valence-electron chi connectivity index (χ2n) is 4.60. The van der Waals surface area contributed by atoms with Gasteiger partial charge in [0.15, 0.2) is 11.2 Å². The van der Waals surface area contributed by atoms with Crippen molar-refractivity contribution in [2.75, 3.05) is 31.1 Å². The lowest BCUT2D eigenvalue weighted by Crippen LogP contribution is -2.40. The van der Waals surface area contributed by atoms with Gasteiger partial charge in [-0.1, -0.05) is 6.07 Å². The lowest BCUT2D eigenvalue weighted by Gasteiger charge is -2.19. The van der Waals surface area contributed by atoms with Crippen LogP contribution in [0.4, 0.5) is 5.69 Å². The highest BCUT2D eigenvalue weighted by Crippen LogP contribution is 2.24. The number of aromatic amines is 1. The van der Waals surface area contributed by atoms with Crippen LogP contribution in [0.3, 0.4) is 0 Å². The largest absolute Gasteiger partial charge is 0.451 e. The molecule has 0 fully saturated rings. The van der Waals surface area contributed by atoms with E-state index >= 15 is 0 Å². The normalized spacial score (nSPS) is 10.7. The van der Waals surface area contributed by atoms with Gasteiger partial charge in [0.25, 0.3) is 0 Å². The van der Waals surface area contributed by atoms with Gasteiger partial charge in [-0.3, -0.25) is 0 Å². The Morgan fingerprint density at radius 2 is 1.95 bits per heavy atom. The van der Waals surface area contributed by atoms with Crippen LogP contribution < -0.4 is 4.90 Å². The molecule has 1 heterocycles. The van der Waals surface area contributed by atoms with Crippen LogP contribution in [0.5, 0.6) is 0 Å². The van der Waals surface area contributed by atoms with E-state index in [9.17, 15) is 0 Å². The molecule has 1 N–H and O–H groups in total. The van der Waals surface area contributed by atoms with Gasteiger partial charge in [-0.2, -0.15) is 20.3 Å². The molecule has 0 atom stereocenters. The Kier molecular flexibility index (Phi) is 5.14. The maximum atomic E-state index is 5.93. The van der Waals surface area contributed by atoms with Crippen LogP contribution in [0.25, 0.3) is 11.0 Å². The van der Waals surface area contributed by atoms with Gasteiger partial charge in [0.05, 0.1) is 26.2 Å². The van der Waals surface area contributed by atoms with Gasteiger partial charge in [0, 0.05) is 0 Å². The standard InChI is InChI=1S/C15H24N5O/c1-5-19(6-2)15(21-8-4)20(7-3)13-11-9-10-12-14(13)17-18-16-12/h9-11H,5-8H2,1-4H3,(H,16,17,18)/q+1. The third-order valence-corrected chi connectivity index (χ3v) is 3.47. The number of hydrogen-bond acceptors (Lipinski definition) is 3. The molecule has 114 valence electrons. The fourth-order valence-corrected chi connectivity index (χ4v) is 2.44. The number of nitrogens with one attached hydrogen (secondary N) is 1. The summed E-state index contributed by atoms with van der Waals surface area (Å²) in [6.07, 6.45) is 0. The first kappa shape index (κ1) is 15.3. The molecule has 6 nitrogen and oxygen atoms in total. The van der Waals surface area contributed by atoms with Crippen molar-refractivity contribution in [1.82, 2.24) is 15.4 Å². The molecule has 1 aromatic carbocycles. The van der Waals surface area contributed by atoms with E-state index in [0.717, 1.165) is 42.4 Å². The van der Waals surface area contributed by atoms with Crippen LogP contribution in [0, 0.1) is 0 Å². The Morgan fingerprint density at radius 1 is 1.19 bits per heavy atom. The fourth-order valence-electron chi connectivity index (χ4n) is 2.44. The molecule has 0 amide bonds. The first-order valence-corrected chi connectivity index (χ1v) is 7.58. The molecule has 1 aromatic heterocycles. The monoisotopic (exact) mass is 290 g/mol. The smallest absolute Gasteiger partial charge is 0.432 e. The highest BCUT2D eigenvalue weighted by atomic mass is 16.5. The molecular formula is C15H24N5O+. The second-order valence-corrected chi connectivity index (χ2v) is 4.60. The number of ether oxygens (including phenoxy) is 1. The molecule has 0 spiro atoms. The number of amidine groups is 1. The van der Waals surface area contributed by atoms with E-state index in [4.69, 9.17) is 4.74 Å². The van der Waals surface area contributed by atoms with E-state index in [1.54, 1.807) is 0 Å². The molecule has 0 saturated carbocycles. The molecular weight excluding hydrogens is 266 g/mol. The van der Waals surface area contributed by atoms with Crippen LogP contribution in [-0.2, 0) is 4.74 Å². The third-order valence-electron chi connectivity index (χ3n) is 3.47. The van der Waals surface area contributed by atoms with Gasteiger partial charge in [0.2, 0.25) is 0 Å². The highest BCUT2D eigenvalue weighted by Gasteiger charge is 2.27. The molecule has 0 saturated heterocycles. The zero-order chi connectivity index (χ0) is 15.2. The summed E-state index contributed by atoms with van der Waals surface area (Å²) in [5, 5.41) is 11.1. The number of para-hydroxylation sites is 1. The Morgan fingerprint density at radius 3 is 2.57 bits per heavy atom. The number of aromatic nitrogens is 3. The quantitative estimate of drug-likeness (QED) is 0.521. The van der Waals surface area contributed by atoms with E-state index in [1.165, 1.54) is 0 Å². The molecule has 0 bridgehead atoms. The number of fused-ring (bicyclic) bond motifs is 1. The maximum absolute atomic E-state index is 5.93. The predicted molar refractivity (Wildman–Crippen MR) is 84.9 cm³/mol. The van der Waals surface area contributed by atoms with Crippen molar-refractivity contribution in [2.24, 2.45) is 0 Å². The summed E-state index contributed by atoms with van der Waals surface area (Å²) < 4.78 is 8.14. The Labute approximate surface area is 125 Å². The average molecular weight is 290 g/mol. The Bertz CT molecular complexity index is 613. The van der Waals surface area contributed by atoms with Gasteiger partial charge in [-0.05, 0) is 39.8 Å².